The molecule has 1 saturated heterocycles. The van der Waals surface area contributed by atoms with E-state index in [9.17, 15) is 14.4 Å². The highest BCUT2D eigenvalue weighted by molar-refractivity contribution is 5.99. The fourth-order valence-electron chi connectivity index (χ4n) is 5.07. The van der Waals surface area contributed by atoms with Crippen molar-refractivity contribution in [3.63, 3.8) is 0 Å². The van der Waals surface area contributed by atoms with E-state index in [4.69, 9.17) is 0 Å². The molecule has 0 saturated carbocycles. The summed E-state index contributed by atoms with van der Waals surface area (Å²) in [6.45, 7) is 5.44. The minimum atomic E-state index is -0.648. The lowest BCUT2D eigenvalue weighted by Gasteiger charge is -2.47. The van der Waals surface area contributed by atoms with Crippen LogP contribution < -0.4 is 5.32 Å². The normalized spacial score (nSPS) is 20.6. The Morgan fingerprint density at radius 2 is 1.76 bits per heavy atom. The molecule has 2 unspecified atom stereocenters. The van der Waals surface area contributed by atoms with Gasteiger partial charge in [-0.2, -0.15) is 0 Å². The van der Waals surface area contributed by atoms with Crippen LogP contribution in [0.4, 0.5) is 0 Å². The quantitative estimate of drug-likeness (QED) is 0.652. The first-order valence-corrected chi connectivity index (χ1v) is 11.3. The van der Waals surface area contributed by atoms with Gasteiger partial charge < -0.3 is 20.1 Å². The number of hydrogen-bond donors (Lipinski definition) is 2. The third-order valence-corrected chi connectivity index (χ3v) is 6.31. The Morgan fingerprint density at radius 3 is 2.48 bits per heavy atom. The van der Waals surface area contributed by atoms with Crippen molar-refractivity contribution < 1.29 is 14.4 Å². The molecule has 3 amide bonds. The Hall–Kier alpha value is -3.61. The summed E-state index contributed by atoms with van der Waals surface area (Å²) < 4.78 is 0. The fourth-order valence-corrected chi connectivity index (χ4v) is 5.07. The van der Waals surface area contributed by atoms with E-state index in [2.05, 4.69) is 10.3 Å². The molecular weight excluding hydrogens is 416 g/mol. The lowest BCUT2D eigenvalue weighted by atomic mass is 9.86. The first-order valence-electron chi connectivity index (χ1n) is 11.3. The number of benzene rings is 2. The lowest BCUT2D eigenvalue weighted by molar-refractivity contribution is -0.159. The number of hydrogen-bond acceptors (Lipinski definition) is 3. The zero-order chi connectivity index (χ0) is 23.3. The van der Waals surface area contributed by atoms with Gasteiger partial charge in [0.1, 0.15) is 19.1 Å². The maximum Gasteiger partial charge on any atom is 0.246 e. The number of para-hydroxylation sites is 1. The molecule has 3 heterocycles. The Morgan fingerprint density at radius 1 is 1.06 bits per heavy atom. The highest BCUT2D eigenvalue weighted by Crippen LogP contribution is 2.42. The summed E-state index contributed by atoms with van der Waals surface area (Å²) >= 11 is 0. The molecule has 0 bridgehead atoms. The molecule has 0 spiro atoms. The van der Waals surface area contributed by atoms with E-state index in [0.29, 0.717) is 6.42 Å². The van der Waals surface area contributed by atoms with E-state index in [1.165, 1.54) is 4.90 Å². The van der Waals surface area contributed by atoms with Crippen molar-refractivity contribution in [2.45, 2.75) is 44.8 Å². The fraction of sp³-hybridized carbons (Fsp3) is 0.346. The number of fused-ring (bicyclic) bond motifs is 4. The summed E-state index contributed by atoms with van der Waals surface area (Å²) in [7, 11) is 0. The van der Waals surface area contributed by atoms with Gasteiger partial charge in [0.2, 0.25) is 17.7 Å². The molecule has 2 aliphatic heterocycles. The summed E-state index contributed by atoms with van der Waals surface area (Å²) in [5, 5.41) is 3.95. The molecular formula is C26H28N4O3. The highest BCUT2D eigenvalue weighted by atomic mass is 16.2. The zero-order valence-corrected chi connectivity index (χ0v) is 19.1. The molecule has 5 rings (SSSR count). The molecule has 2 aliphatic rings. The van der Waals surface area contributed by atoms with E-state index < -0.39 is 11.6 Å². The van der Waals surface area contributed by atoms with Gasteiger partial charge in [-0.25, -0.2) is 0 Å². The van der Waals surface area contributed by atoms with E-state index >= 15 is 0 Å². The first-order chi connectivity index (χ1) is 15.7. The van der Waals surface area contributed by atoms with Crippen molar-refractivity contribution in [2.75, 3.05) is 13.1 Å². The molecule has 170 valence electrons. The lowest BCUT2D eigenvalue weighted by Crippen LogP contribution is -2.64. The van der Waals surface area contributed by atoms with Crippen LogP contribution in [0.15, 0.2) is 54.6 Å². The SMILES string of the molecule is CC(C)(C)NC(=O)CN1CC(=O)N2C(Cc3c([nH]c4ccccc34)C2c2ccccc2)C1=O. The molecule has 2 aromatic carbocycles. The van der Waals surface area contributed by atoms with Crippen LogP contribution >= 0.6 is 0 Å². The second-order valence-electron chi connectivity index (χ2n) is 9.89. The van der Waals surface area contributed by atoms with E-state index in [-0.39, 0.29) is 36.9 Å². The van der Waals surface area contributed by atoms with Crippen molar-refractivity contribution in [3.8, 4) is 0 Å². The summed E-state index contributed by atoms with van der Waals surface area (Å²) in [4.78, 5) is 46.2. The smallest absolute Gasteiger partial charge is 0.246 e. The van der Waals surface area contributed by atoms with Crippen LogP contribution in [-0.2, 0) is 20.8 Å². The topological polar surface area (TPSA) is 85.5 Å². The highest BCUT2D eigenvalue weighted by Gasteiger charge is 2.48. The molecule has 0 radical (unpaired) electrons. The van der Waals surface area contributed by atoms with Crippen molar-refractivity contribution in [2.24, 2.45) is 0 Å². The molecule has 1 aromatic heterocycles. The van der Waals surface area contributed by atoms with Crippen LogP contribution in [0.1, 0.15) is 43.6 Å². The van der Waals surface area contributed by atoms with Crippen molar-refractivity contribution in [1.82, 2.24) is 20.1 Å². The number of piperazine rings is 1. The maximum atomic E-state index is 13.6. The van der Waals surface area contributed by atoms with Crippen LogP contribution in [0.25, 0.3) is 10.9 Å². The molecule has 7 nitrogen and oxygen atoms in total. The molecule has 2 atom stereocenters. The van der Waals surface area contributed by atoms with Crippen molar-refractivity contribution >= 4 is 28.6 Å². The van der Waals surface area contributed by atoms with Gasteiger partial charge >= 0.3 is 0 Å². The summed E-state index contributed by atoms with van der Waals surface area (Å²) in [5.41, 5.74) is 3.55. The predicted molar refractivity (Wildman–Crippen MR) is 125 cm³/mol. The molecule has 33 heavy (non-hydrogen) atoms. The van der Waals surface area contributed by atoms with E-state index in [1.54, 1.807) is 4.90 Å². The van der Waals surface area contributed by atoms with E-state index in [1.807, 2.05) is 75.4 Å². The summed E-state index contributed by atoms with van der Waals surface area (Å²) in [6.07, 6.45) is 0.421. The molecule has 3 aromatic rings. The number of carbonyl (C=O) groups excluding carboxylic acids is 3. The summed E-state index contributed by atoms with van der Waals surface area (Å²) in [5.74, 6) is -0.600. The Balaban J connectivity index is 1.55. The molecule has 0 aliphatic carbocycles. The standard InChI is InChI=1S/C26H28N4O3/c1-26(2,3)28-21(31)14-29-15-22(32)30-20(25(29)33)13-18-17-11-7-8-12-19(17)27-23(18)24(30)16-9-5-4-6-10-16/h4-12,20,24,27H,13-15H2,1-3H3,(H,28,31). The maximum absolute atomic E-state index is 13.6. The van der Waals surface area contributed by atoms with Gasteiger partial charge in [0.25, 0.3) is 0 Å². The van der Waals surface area contributed by atoms with Gasteiger partial charge in [-0.1, -0.05) is 48.5 Å². The van der Waals surface area contributed by atoms with Crippen molar-refractivity contribution in [3.05, 3.63) is 71.4 Å². The van der Waals surface area contributed by atoms with Gasteiger partial charge in [-0.05, 0) is 38.0 Å². The van der Waals surface area contributed by atoms with Gasteiger partial charge in [0.05, 0.1) is 6.04 Å². The van der Waals surface area contributed by atoms with Gasteiger partial charge in [-0.3, -0.25) is 14.4 Å². The van der Waals surface area contributed by atoms with Crippen molar-refractivity contribution in [1.29, 1.82) is 0 Å². The monoisotopic (exact) mass is 444 g/mol. The minimum Gasteiger partial charge on any atom is -0.356 e. The predicted octanol–water partition coefficient (Wildman–Crippen LogP) is 2.77. The number of aromatic amines is 1. The van der Waals surface area contributed by atoms with Crippen LogP contribution in [0, 0.1) is 0 Å². The third kappa shape index (κ3) is 3.77. The molecule has 7 heteroatoms. The summed E-state index contributed by atoms with van der Waals surface area (Å²) in [6, 6.07) is 16.8. The van der Waals surface area contributed by atoms with Crippen LogP contribution in [0.2, 0.25) is 0 Å². The number of H-pyrrole nitrogens is 1. The second kappa shape index (κ2) is 7.76. The number of rotatable bonds is 3. The van der Waals surface area contributed by atoms with Gasteiger partial charge in [-0.15, -0.1) is 0 Å². The van der Waals surface area contributed by atoms with Crippen LogP contribution in [0.5, 0.6) is 0 Å². The molecule has 2 N–H and O–H groups in total. The first kappa shape index (κ1) is 21.2. The molecule has 1 fully saturated rings. The van der Waals surface area contributed by atoms with Gasteiger partial charge in [0.15, 0.2) is 0 Å². The number of carbonyl (C=O) groups is 3. The Kier molecular flexibility index (Phi) is 5.00. The zero-order valence-electron chi connectivity index (χ0n) is 19.1. The largest absolute Gasteiger partial charge is 0.356 e. The Labute approximate surface area is 192 Å². The average molecular weight is 445 g/mol. The second-order valence-corrected chi connectivity index (χ2v) is 9.89. The van der Waals surface area contributed by atoms with Crippen LogP contribution in [0.3, 0.4) is 0 Å². The minimum absolute atomic E-state index is 0.105. The van der Waals surface area contributed by atoms with Crippen LogP contribution in [-0.4, -0.2) is 57.2 Å². The third-order valence-electron chi connectivity index (χ3n) is 6.31. The number of nitrogens with one attached hydrogen (secondary N) is 2. The number of amides is 3. The number of aromatic nitrogens is 1. The van der Waals surface area contributed by atoms with E-state index in [0.717, 1.165) is 27.7 Å². The Bertz CT molecular complexity index is 1240. The average Bonchev–Trinajstić information content (AvgIpc) is 3.13. The number of nitrogens with zero attached hydrogens (tertiary/aromatic N) is 2. The van der Waals surface area contributed by atoms with Gasteiger partial charge in [0, 0.05) is 28.6 Å².